The number of amides is 1. The van der Waals surface area contributed by atoms with Gasteiger partial charge in [-0.05, 0) is 42.2 Å². The van der Waals surface area contributed by atoms with E-state index in [-0.39, 0.29) is 16.4 Å². The zero-order chi connectivity index (χ0) is 22.5. The number of ether oxygens (including phenoxy) is 1. The molecule has 3 rings (SSSR count). The average molecular weight is 446 g/mol. The Morgan fingerprint density at radius 1 is 1.13 bits per heavy atom. The number of nitro benzene ring substituents is 2. The summed E-state index contributed by atoms with van der Waals surface area (Å²) in [6, 6.07) is 8.32. The quantitative estimate of drug-likeness (QED) is 0.286. The molecule has 0 radical (unpaired) electrons. The summed E-state index contributed by atoms with van der Waals surface area (Å²) in [5, 5.41) is 21.8. The summed E-state index contributed by atoms with van der Waals surface area (Å²) in [7, 11) is 0. The molecular weight excluding hydrogens is 430 g/mol. The maximum Gasteiger partial charge on any atom is 0.331 e. The largest absolute Gasteiger partial charge is 0.452 e. The van der Waals surface area contributed by atoms with Crippen LogP contribution in [-0.4, -0.2) is 34.9 Å². The van der Waals surface area contributed by atoms with Gasteiger partial charge in [0.15, 0.2) is 6.61 Å². The number of nitrogens with zero attached hydrogens (tertiary/aromatic N) is 3. The molecule has 0 spiro atoms. The lowest BCUT2D eigenvalue weighted by Gasteiger charge is -2.29. The van der Waals surface area contributed by atoms with Gasteiger partial charge in [0.2, 0.25) is 0 Å². The number of non-ortho nitro benzene ring substituents is 1. The van der Waals surface area contributed by atoms with Crippen molar-refractivity contribution in [1.29, 1.82) is 0 Å². The van der Waals surface area contributed by atoms with Crippen LogP contribution in [0.5, 0.6) is 0 Å². The predicted molar refractivity (Wildman–Crippen MR) is 112 cm³/mol. The minimum atomic E-state index is -0.799. The van der Waals surface area contributed by atoms with Gasteiger partial charge in [0.1, 0.15) is 5.02 Å². The number of anilines is 1. The minimum absolute atomic E-state index is 0.0255. The smallest absolute Gasteiger partial charge is 0.331 e. The Bertz CT molecular complexity index is 1100. The number of carbonyl (C=O) groups is 2. The fraction of sp³-hybridized carbons (Fsp3) is 0.200. The topological polar surface area (TPSA) is 133 Å². The first-order chi connectivity index (χ1) is 14.8. The Morgan fingerprint density at radius 2 is 1.90 bits per heavy atom. The van der Waals surface area contributed by atoms with Crippen LogP contribution in [0.3, 0.4) is 0 Å². The maximum absolute atomic E-state index is 12.5. The van der Waals surface area contributed by atoms with Gasteiger partial charge in [0.05, 0.1) is 9.85 Å². The number of hydrogen-bond acceptors (Lipinski definition) is 7. The van der Waals surface area contributed by atoms with Gasteiger partial charge < -0.3 is 9.64 Å². The summed E-state index contributed by atoms with van der Waals surface area (Å²) in [5.74, 6) is -1.26. The summed E-state index contributed by atoms with van der Waals surface area (Å²) < 4.78 is 4.97. The molecule has 2 aromatic carbocycles. The molecule has 0 bridgehead atoms. The van der Waals surface area contributed by atoms with Gasteiger partial charge >= 0.3 is 5.97 Å². The molecule has 10 nitrogen and oxygen atoms in total. The number of hydrogen-bond donors (Lipinski definition) is 0. The first kappa shape index (κ1) is 21.9. The molecule has 0 atom stereocenters. The first-order valence-corrected chi connectivity index (χ1v) is 9.50. The van der Waals surface area contributed by atoms with Crippen LogP contribution in [0, 0.1) is 20.2 Å². The van der Waals surface area contributed by atoms with Crippen LogP contribution in [0.25, 0.3) is 6.08 Å². The van der Waals surface area contributed by atoms with Gasteiger partial charge in [-0.25, -0.2) is 4.79 Å². The number of nitro groups is 2. The normalized spacial score (nSPS) is 13.0. The summed E-state index contributed by atoms with van der Waals surface area (Å²) >= 11 is 5.74. The van der Waals surface area contributed by atoms with Gasteiger partial charge in [-0.2, -0.15) is 0 Å². The molecule has 0 saturated carbocycles. The third-order valence-electron chi connectivity index (χ3n) is 4.61. The van der Waals surface area contributed by atoms with Crippen LogP contribution in [-0.2, 0) is 20.7 Å². The van der Waals surface area contributed by atoms with Crippen LogP contribution >= 0.6 is 11.6 Å². The Balaban J connectivity index is 1.62. The summed E-state index contributed by atoms with van der Waals surface area (Å²) in [5.41, 5.74) is 1.26. The van der Waals surface area contributed by atoms with E-state index in [1.165, 1.54) is 47.4 Å². The van der Waals surface area contributed by atoms with E-state index in [2.05, 4.69) is 0 Å². The second kappa shape index (κ2) is 9.35. The second-order valence-corrected chi connectivity index (χ2v) is 7.04. The predicted octanol–water partition coefficient (Wildman–Crippen LogP) is 3.69. The lowest BCUT2D eigenvalue weighted by Crippen LogP contribution is -2.38. The van der Waals surface area contributed by atoms with E-state index < -0.39 is 28.3 Å². The highest BCUT2D eigenvalue weighted by atomic mass is 35.5. The van der Waals surface area contributed by atoms with Gasteiger partial charge in [-0.3, -0.25) is 25.0 Å². The Labute approximate surface area is 181 Å². The standard InChI is InChI=1S/C20H16ClN3O7/c21-16-6-3-13(10-18(16)24(29)30)4-8-20(26)31-12-19(25)22-9-1-2-14-11-15(23(27)28)5-7-17(14)22/h3-8,10-11H,1-2,9,12H2/b8-4+. The van der Waals surface area contributed by atoms with E-state index in [1.807, 2.05) is 0 Å². The molecule has 0 aromatic heterocycles. The van der Waals surface area contributed by atoms with Gasteiger partial charge in [0, 0.05) is 36.5 Å². The van der Waals surface area contributed by atoms with E-state index in [0.717, 1.165) is 6.08 Å². The number of fused-ring (bicyclic) bond motifs is 1. The lowest BCUT2D eigenvalue weighted by atomic mass is 10.0. The van der Waals surface area contributed by atoms with Crippen LogP contribution in [0.1, 0.15) is 17.5 Å². The van der Waals surface area contributed by atoms with Crippen LogP contribution < -0.4 is 4.90 Å². The SMILES string of the molecule is O=C(/C=C/c1ccc(Cl)c([N+](=O)[O-])c1)OCC(=O)N1CCCc2cc([N+](=O)[O-])ccc21. The van der Waals surface area contributed by atoms with Crippen molar-refractivity contribution in [3.8, 4) is 0 Å². The third kappa shape index (κ3) is 5.23. The van der Waals surface area contributed by atoms with E-state index in [4.69, 9.17) is 16.3 Å². The molecule has 0 saturated heterocycles. The van der Waals surface area contributed by atoms with E-state index in [1.54, 1.807) is 0 Å². The molecule has 1 aliphatic rings. The molecule has 160 valence electrons. The summed E-state index contributed by atoms with van der Waals surface area (Å²) in [6.07, 6.45) is 3.60. The Morgan fingerprint density at radius 3 is 2.61 bits per heavy atom. The number of rotatable bonds is 6. The lowest BCUT2D eigenvalue weighted by molar-refractivity contribution is -0.385. The Hall–Kier alpha value is -3.79. The molecule has 1 aliphatic heterocycles. The van der Waals surface area contributed by atoms with Crippen molar-refractivity contribution in [2.45, 2.75) is 12.8 Å². The minimum Gasteiger partial charge on any atom is -0.452 e. The van der Waals surface area contributed by atoms with Crippen molar-refractivity contribution in [2.75, 3.05) is 18.1 Å². The second-order valence-electron chi connectivity index (χ2n) is 6.63. The fourth-order valence-electron chi connectivity index (χ4n) is 3.15. The highest BCUT2D eigenvalue weighted by Gasteiger charge is 2.25. The van der Waals surface area contributed by atoms with E-state index in [0.29, 0.717) is 36.2 Å². The van der Waals surface area contributed by atoms with Gasteiger partial charge in [-0.15, -0.1) is 0 Å². The van der Waals surface area contributed by atoms with Crippen molar-refractivity contribution in [3.05, 3.63) is 78.9 Å². The van der Waals surface area contributed by atoms with Crippen molar-refractivity contribution >= 4 is 46.6 Å². The molecule has 2 aromatic rings. The zero-order valence-electron chi connectivity index (χ0n) is 16.0. The highest BCUT2D eigenvalue weighted by molar-refractivity contribution is 6.32. The number of aryl methyl sites for hydroxylation is 1. The zero-order valence-corrected chi connectivity index (χ0v) is 16.8. The third-order valence-corrected chi connectivity index (χ3v) is 4.93. The van der Waals surface area contributed by atoms with Crippen molar-refractivity contribution in [1.82, 2.24) is 0 Å². The average Bonchev–Trinajstić information content (AvgIpc) is 2.75. The monoisotopic (exact) mass is 445 g/mol. The van der Waals surface area contributed by atoms with E-state index in [9.17, 15) is 29.8 Å². The van der Waals surface area contributed by atoms with Crippen molar-refractivity contribution in [2.24, 2.45) is 0 Å². The molecule has 31 heavy (non-hydrogen) atoms. The van der Waals surface area contributed by atoms with Crippen LogP contribution in [0.2, 0.25) is 5.02 Å². The molecule has 1 heterocycles. The molecule has 0 fully saturated rings. The highest BCUT2D eigenvalue weighted by Crippen LogP contribution is 2.30. The van der Waals surface area contributed by atoms with Crippen LogP contribution in [0.4, 0.5) is 17.1 Å². The Kier molecular flexibility index (Phi) is 6.61. The molecule has 0 N–H and O–H groups in total. The number of benzene rings is 2. The number of carbonyl (C=O) groups excluding carboxylic acids is 2. The van der Waals surface area contributed by atoms with Gasteiger partial charge in [0.25, 0.3) is 17.3 Å². The van der Waals surface area contributed by atoms with Gasteiger partial charge in [-0.1, -0.05) is 17.7 Å². The van der Waals surface area contributed by atoms with E-state index >= 15 is 0 Å². The summed E-state index contributed by atoms with van der Waals surface area (Å²) in [4.78, 5) is 46.6. The maximum atomic E-state index is 12.5. The number of halogens is 1. The molecule has 0 unspecified atom stereocenters. The van der Waals surface area contributed by atoms with Crippen molar-refractivity contribution in [3.63, 3.8) is 0 Å². The number of esters is 1. The fourth-order valence-corrected chi connectivity index (χ4v) is 3.34. The molecular formula is C20H16ClN3O7. The molecule has 1 amide bonds. The van der Waals surface area contributed by atoms with Crippen molar-refractivity contribution < 1.29 is 24.2 Å². The molecule has 11 heteroatoms. The van der Waals surface area contributed by atoms with Crippen LogP contribution in [0.15, 0.2) is 42.5 Å². The summed E-state index contributed by atoms with van der Waals surface area (Å²) in [6.45, 7) is -0.105. The molecule has 0 aliphatic carbocycles. The first-order valence-electron chi connectivity index (χ1n) is 9.12.